The highest BCUT2D eigenvalue weighted by Crippen LogP contribution is 2.37. The Labute approximate surface area is 156 Å². The second-order valence-corrected chi connectivity index (χ2v) is 6.59. The largest absolute Gasteiger partial charge is 0.502 e. The van der Waals surface area contributed by atoms with E-state index in [0.717, 1.165) is 10.4 Å². The van der Waals surface area contributed by atoms with Gasteiger partial charge in [-0.3, -0.25) is 4.79 Å². The topological polar surface area (TPSA) is 55.8 Å². The van der Waals surface area contributed by atoms with Gasteiger partial charge in [-0.15, -0.1) is 11.3 Å². The number of aromatic hydroxyl groups is 1. The fourth-order valence-electron chi connectivity index (χ4n) is 2.49. The molecule has 3 aromatic rings. The Morgan fingerprint density at radius 3 is 2.27 bits per heavy atom. The summed E-state index contributed by atoms with van der Waals surface area (Å²) in [6, 6.07) is 17.0. The molecule has 3 rings (SSSR count). The molecule has 0 aliphatic carbocycles. The van der Waals surface area contributed by atoms with Crippen LogP contribution in [-0.4, -0.2) is 25.1 Å². The van der Waals surface area contributed by atoms with Crippen LogP contribution in [0.4, 0.5) is 0 Å². The zero-order valence-electron chi connectivity index (χ0n) is 14.4. The Kier molecular flexibility index (Phi) is 5.39. The first-order valence-electron chi connectivity index (χ1n) is 7.95. The SMILES string of the molecule is COc1cc(/C=C/C(=O)c2ccc(-c3ccccc3)s2)cc(OC)c1O. The van der Waals surface area contributed by atoms with Crippen LogP contribution in [0.3, 0.4) is 0 Å². The van der Waals surface area contributed by atoms with Gasteiger partial charge in [-0.1, -0.05) is 36.4 Å². The van der Waals surface area contributed by atoms with E-state index in [1.54, 1.807) is 18.2 Å². The van der Waals surface area contributed by atoms with Crippen LogP contribution in [0.5, 0.6) is 17.2 Å². The molecule has 5 heteroatoms. The molecule has 0 atom stereocenters. The van der Waals surface area contributed by atoms with Gasteiger partial charge in [0.25, 0.3) is 0 Å². The molecular formula is C21H18O4S. The smallest absolute Gasteiger partial charge is 0.200 e. The predicted octanol–water partition coefficient (Wildman–Crippen LogP) is 5.03. The molecule has 0 amide bonds. The van der Waals surface area contributed by atoms with Gasteiger partial charge in [-0.05, 0) is 41.5 Å². The molecule has 1 N–H and O–H groups in total. The summed E-state index contributed by atoms with van der Waals surface area (Å²) in [6.45, 7) is 0. The zero-order valence-corrected chi connectivity index (χ0v) is 15.2. The highest BCUT2D eigenvalue weighted by molar-refractivity contribution is 7.17. The third-order valence-corrected chi connectivity index (χ3v) is 4.99. The van der Waals surface area contributed by atoms with Crippen LogP contribution < -0.4 is 9.47 Å². The van der Waals surface area contributed by atoms with Gasteiger partial charge in [-0.25, -0.2) is 0 Å². The number of methoxy groups -OCH3 is 2. The van der Waals surface area contributed by atoms with Crippen molar-refractivity contribution in [1.29, 1.82) is 0 Å². The number of ketones is 1. The van der Waals surface area contributed by atoms with E-state index in [2.05, 4.69) is 0 Å². The van der Waals surface area contributed by atoms with E-state index in [-0.39, 0.29) is 11.5 Å². The summed E-state index contributed by atoms with van der Waals surface area (Å²) in [7, 11) is 2.92. The quantitative estimate of drug-likeness (QED) is 0.491. The minimum Gasteiger partial charge on any atom is -0.502 e. The Bertz CT molecular complexity index is 917. The highest BCUT2D eigenvalue weighted by atomic mass is 32.1. The highest BCUT2D eigenvalue weighted by Gasteiger charge is 2.11. The van der Waals surface area contributed by atoms with Gasteiger partial charge in [0.15, 0.2) is 17.3 Å². The average molecular weight is 366 g/mol. The molecule has 0 aliphatic heterocycles. The Hall–Kier alpha value is -3.05. The molecule has 0 aliphatic rings. The summed E-state index contributed by atoms with van der Waals surface area (Å²) < 4.78 is 10.3. The number of phenols is 1. The van der Waals surface area contributed by atoms with Crippen LogP contribution in [0.2, 0.25) is 0 Å². The molecule has 132 valence electrons. The second-order valence-electron chi connectivity index (χ2n) is 5.50. The Morgan fingerprint density at radius 2 is 1.65 bits per heavy atom. The molecule has 1 heterocycles. The normalized spacial score (nSPS) is 10.8. The van der Waals surface area contributed by atoms with Crippen molar-refractivity contribution in [3.05, 3.63) is 71.1 Å². The lowest BCUT2D eigenvalue weighted by Crippen LogP contribution is -1.91. The molecule has 0 saturated carbocycles. The van der Waals surface area contributed by atoms with Crippen LogP contribution in [0.25, 0.3) is 16.5 Å². The minimum absolute atomic E-state index is 0.0655. The Balaban J connectivity index is 1.81. The number of carbonyl (C=O) groups is 1. The molecule has 0 radical (unpaired) electrons. The monoisotopic (exact) mass is 366 g/mol. The molecular weight excluding hydrogens is 348 g/mol. The molecule has 0 saturated heterocycles. The number of ether oxygens (including phenoxy) is 2. The number of benzene rings is 2. The number of phenolic OH excluding ortho intramolecular Hbond substituents is 1. The fourth-order valence-corrected chi connectivity index (χ4v) is 3.42. The second kappa shape index (κ2) is 7.89. The molecule has 4 nitrogen and oxygen atoms in total. The van der Waals surface area contributed by atoms with Crippen molar-refractivity contribution < 1.29 is 19.4 Å². The summed E-state index contributed by atoms with van der Waals surface area (Å²) in [5.74, 6) is 0.435. The van der Waals surface area contributed by atoms with E-state index < -0.39 is 0 Å². The van der Waals surface area contributed by atoms with Gasteiger partial charge < -0.3 is 14.6 Å². The first kappa shape index (κ1) is 17.8. The summed E-state index contributed by atoms with van der Waals surface area (Å²) in [5.41, 5.74) is 1.79. The van der Waals surface area contributed by atoms with E-state index in [1.165, 1.54) is 31.6 Å². The van der Waals surface area contributed by atoms with Crippen molar-refractivity contribution in [3.63, 3.8) is 0 Å². The van der Waals surface area contributed by atoms with E-state index >= 15 is 0 Å². The predicted molar refractivity (Wildman–Crippen MR) is 104 cm³/mol. The molecule has 0 spiro atoms. The van der Waals surface area contributed by atoms with Crippen molar-refractivity contribution >= 4 is 23.2 Å². The van der Waals surface area contributed by atoms with Crippen molar-refractivity contribution in [2.75, 3.05) is 14.2 Å². The fraction of sp³-hybridized carbons (Fsp3) is 0.0952. The molecule has 1 aromatic heterocycles. The molecule has 26 heavy (non-hydrogen) atoms. The molecule has 0 bridgehead atoms. The van der Waals surface area contributed by atoms with E-state index in [4.69, 9.17) is 9.47 Å². The minimum atomic E-state index is -0.0804. The number of rotatable bonds is 6. The van der Waals surface area contributed by atoms with Crippen LogP contribution >= 0.6 is 11.3 Å². The van der Waals surface area contributed by atoms with E-state index in [9.17, 15) is 9.90 Å². The van der Waals surface area contributed by atoms with Crippen molar-refractivity contribution in [3.8, 4) is 27.7 Å². The number of hydrogen-bond donors (Lipinski definition) is 1. The van der Waals surface area contributed by atoms with Crippen molar-refractivity contribution in [2.24, 2.45) is 0 Å². The standard InChI is InChI=1S/C21H18O4S/c1-24-17-12-14(13-18(25-2)21(17)23)8-9-16(22)20-11-10-19(26-20)15-6-4-3-5-7-15/h3-13,23H,1-2H3/b9-8+. The van der Waals surface area contributed by atoms with E-state index in [0.29, 0.717) is 21.9 Å². The van der Waals surface area contributed by atoms with Crippen molar-refractivity contribution in [1.82, 2.24) is 0 Å². The average Bonchev–Trinajstić information content (AvgIpc) is 3.18. The van der Waals surface area contributed by atoms with Gasteiger partial charge in [0.05, 0.1) is 19.1 Å². The third-order valence-electron chi connectivity index (χ3n) is 3.84. The maximum atomic E-state index is 12.5. The zero-order chi connectivity index (χ0) is 18.5. The van der Waals surface area contributed by atoms with Gasteiger partial charge in [0.1, 0.15) is 0 Å². The number of carbonyl (C=O) groups excluding carboxylic acids is 1. The lowest BCUT2D eigenvalue weighted by molar-refractivity contribution is 0.105. The lowest BCUT2D eigenvalue weighted by Gasteiger charge is -2.09. The first-order chi connectivity index (χ1) is 12.6. The first-order valence-corrected chi connectivity index (χ1v) is 8.76. The maximum absolute atomic E-state index is 12.5. The maximum Gasteiger partial charge on any atom is 0.200 e. The summed E-state index contributed by atoms with van der Waals surface area (Å²) >= 11 is 1.46. The Morgan fingerprint density at radius 1 is 1.00 bits per heavy atom. The van der Waals surface area contributed by atoms with Crippen LogP contribution in [0.1, 0.15) is 15.2 Å². The number of hydrogen-bond acceptors (Lipinski definition) is 5. The van der Waals surface area contributed by atoms with Crippen LogP contribution in [0.15, 0.2) is 60.7 Å². The van der Waals surface area contributed by atoms with Gasteiger partial charge in [-0.2, -0.15) is 0 Å². The third kappa shape index (κ3) is 3.78. The molecule has 0 unspecified atom stereocenters. The van der Waals surface area contributed by atoms with Gasteiger partial charge >= 0.3 is 0 Å². The van der Waals surface area contributed by atoms with Crippen LogP contribution in [-0.2, 0) is 0 Å². The number of thiophene rings is 1. The summed E-state index contributed by atoms with van der Waals surface area (Å²) in [6.07, 6.45) is 3.18. The van der Waals surface area contributed by atoms with Gasteiger partial charge in [0.2, 0.25) is 5.75 Å². The summed E-state index contributed by atoms with van der Waals surface area (Å²) in [4.78, 5) is 14.2. The number of allylic oxidation sites excluding steroid dienone is 1. The van der Waals surface area contributed by atoms with Crippen molar-refractivity contribution in [2.45, 2.75) is 0 Å². The summed E-state index contributed by atoms with van der Waals surface area (Å²) in [5, 5.41) is 9.94. The van der Waals surface area contributed by atoms with Gasteiger partial charge in [0, 0.05) is 4.88 Å². The van der Waals surface area contributed by atoms with Crippen LogP contribution in [0, 0.1) is 0 Å². The van der Waals surface area contributed by atoms with E-state index in [1.807, 2.05) is 42.5 Å². The lowest BCUT2D eigenvalue weighted by atomic mass is 10.1. The molecule has 2 aromatic carbocycles. The molecule has 0 fully saturated rings.